The average Bonchev–Trinajstić information content (AvgIpc) is 3.18. The minimum atomic E-state index is -0.475. The normalized spacial score (nSPS) is 10.9. The first-order valence-corrected chi connectivity index (χ1v) is 9.83. The maximum atomic E-state index is 12.0. The molecule has 0 aliphatic carbocycles. The Morgan fingerprint density at radius 3 is 2.70 bits per heavy atom. The molecule has 0 saturated heterocycles. The molecule has 0 atom stereocenters. The molecule has 0 fully saturated rings. The summed E-state index contributed by atoms with van der Waals surface area (Å²) >= 11 is 3.22. The molecule has 1 N–H and O–H groups in total. The molecule has 3 rings (SSSR count). The number of hydrazone groups is 1. The van der Waals surface area contributed by atoms with E-state index in [2.05, 4.69) is 26.5 Å². The Bertz CT molecular complexity index is 1080. The third kappa shape index (κ3) is 5.54. The van der Waals surface area contributed by atoms with Crippen LogP contribution in [0.5, 0.6) is 5.75 Å². The summed E-state index contributed by atoms with van der Waals surface area (Å²) in [6.45, 7) is 2.49. The van der Waals surface area contributed by atoms with E-state index in [-0.39, 0.29) is 18.0 Å². The van der Waals surface area contributed by atoms with E-state index in [1.54, 1.807) is 36.4 Å². The zero-order valence-corrected chi connectivity index (χ0v) is 17.6. The zero-order valence-electron chi connectivity index (χ0n) is 16.0. The number of benzene rings is 2. The molecule has 0 spiro atoms. The molecule has 1 aromatic heterocycles. The van der Waals surface area contributed by atoms with Crippen molar-refractivity contribution in [2.24, 2.45) is 5.10 Å². The standard InChI is InChI=1S/C21H18BrN3O5/c1-2-29-16-6-3-14(4-7-16)11-21(26)24-23-13-17-8-10-20(30-17)18-9-5-15(22)12-19(18)25(27)28/h3-10,12-13H,2,11H2,1H3,(H,24,26)/b23-13-. The molecular weight excluding hydrogens is 454 g/mol. The largest absolute Gasteiger partial charge is 0.494 e. The van der Waals surface area contributed by atoms with E-state index in [1.807, 2.05) is 19.1 Å². The van der Waals surface area contributed by atoms with Crippen molar-refractivity contribution in [3.05, 3.63) is 80.5 Å². The number of carbonyl (C=O) groups excluding carboxylic acids is 1. The van der Waals surface area contributed by atoms with Crippen LogP contribution in [-0.2, 0) is 11.2 Å². The molecule has 0 bridgehead atoms. The minimum Gasteiger partial charge on any atom is -0.494 e. The van der Waals surface area contributed by atoms with E-state index in [1.165, 1.54) is 12.3 Å². The Morgan fingerprint density at radius 1 is 1.23 bits per heavy atom. The fraction of sp³-hybridized carbons (Fsp3) is 0.143. The van der Waals surface area contributed by atoms with Crippen molar-refractivity contribution in [2.45, 2.75) is 13.3 Å². The number of ether oxygens (including phenoxy) is 1. The maximum Gasteiger partial charge on any atom is 0.281 e. The highest BCUT2D eigenvalue weighted by molar-refractivity contribution is 9.10. The van der Waals surface area contributed by atoms with Crippen LogP contribution in [0, 0.1) is 10.1 Å². The summed E-state index contributed by atoms with van der Waals surface area (Å²) in [5.74, 6) is 1.14. The van der Waals surface area contributed by atoms with Gasteiger partial charge < -0.3 is 9.15 Å². The Balaban J connectivity index is 1.61. The fourth-order valence-corrected chi connectivity index (χ4v) is 3.04. The summed E-state index contributed by atoms with van der Waals surface area (Å²) < 4.78 is 11.6. The molecule has 1 amide bonds. The predicted molar refractivity (Wildman–Crippen MR) is 116 cm³/mol. The van der Waals surface area contributed by atoms with E-state index in [0.29, 0.717) is 28.2 Å². The number of nitrogens with one attached hydrogen (secondary N) is 1. The Morgan fingerprint density at radius 2 is 2.00 bits per heavy atom. The second-order valence-electron chi connectivity index (χ2n) is 6.17. The average molecular weight is 472 g/mol. The lowest BCUT2D eigenvalue weighted by atomic mass is 10.1. The van der Waals surface area contributed by atoms with Gasteiger partial charge in [-0.15, -0.1) is 0 Å². The Labute approximate surface area is 180 Å². The first-order valence-electron chi connectivity index (χ1n) is 9.04. The van der Waals surface area contributed by atoms with Crippen molar-refractivity contribution in [1.82, 2.24) is 5.43 Å². The van der Waals surface area contributed by atoms with Gasteiger partial charge in [-0.1, -0.05) is 28.1 Å². The first kappa shape index (κ1) is 21.3. The molecule has 0 aliphatic rings. The van der Waals surface area contributed by atoms with Crippen LogP contribution in [0.1, 0.15) is 18.2 Å². The molecule has 30 heavy (non-hydrogen) atoms. The van der Waals surface area contributed by atoms with Crippen LogP contribution in [0.25, 0.3) is 11.3 Å². The van der Waals surface area contributed by atoms with E-state index in [9.17, 15) is 14.9 Å². The molecule has 2 aromatic carbocycles. The number of rotatable bonds is 8. The van der Waals surface area contributed by atoms with Gasteiger partial charge in [0, 0.05) is 10.5 Å². The second kappa shape index (κ2) is 9.84. The van der Waals surface area contributed by atoms with Crippen molar-refractivity contribution >= 4 is 33.7 Å². The Hall–Kier alpha value is -3.46. The van der Waals surface area contributed by atoms with E-state index >= 15 is 0 Å². The first-order chi connectivity index (χ1) is 14.5. The van der Waals surface area contributed by atoms with Crippen molar-refractivity contribution in [1.29, 1.82) is 0 Å². The number of hydrogen-bond acceptors (Lipinski definition) is 6. The number of nitrogens with zero attached hydrogens (tertiary/aromatic N) is 2. The third-order valence-corrected chi connectivity index (χ3v) is 4.52. The van der Waals surface area contributed by atoms with Crippen LogP contribution in [0.4, 0.5) is 5.69 Å². The highest BCUT2D eigenvalue weighted by Crippen LogP contribution is 2.33. The summed E-state index contributed by atoms with van der Waals surface area (Å²) in [6.07, 6.45) is 1.50. The highest BCUT2D eigenvalue weighted by Gasteiger charge is 2.18. The minimum absolute atomic E-state index is 0.0779. The van der Waals surface area contributed by atoms with E-state index in [4.69, 9.17) is 9.15 Å². The summed E-state index contributed by atoms with van der Waals surface area (Å²) in [5, 5.41) is 15.1. The van der Waals surface area contributed by atoms with E-state index < -0.39 is 4.92 Å². The van der Waals surface area contributed by atoms with Gasteiger partial charge in [0.1, 0.15) is 17.3 Å². The van der Waals surface area contributed by atoms with Crippen LogP contribution in [0.2, 0.25) is 0 Å². The van der Waals surface area contributed by atoms with Gasteiger partial charge in [0.2, 0.25) is 5.91 Å². The molecule has 0 saturated carbocycles. The number of carbonyl (C=O) groups is 1. The van der Waals surface area contributed by atoms with Crippen molar-refractivity contribution in [3.8, 4) is 17.1 Å². The van der Waals surface area contributed by atoms with E-state index in [0.717, 1.165) is 11.3 Å². The molecule has 3 aromatic rings. The topological polar surface area (TPSA) is 107 Å². The monoisotopic (exact) mass is 471 g/mol. The molecule has 1 heterocycles. The highest BCUT2D eigenvalue weighted by atomic mass is 79.9. The van der Waals surface area contributed by atoms with Gasteiger partial charge in [-0.05, 0) is 48.9 Å². The third-order valence-electron chi connectivity index (χ3n) is 4.03. The Kier molecular flexibility index (Phi) is 6.97. The van der Waals surface area contributed by atoms with Crippen LogP contribution in [0.15, 0.2) is 68.6 Å². The molecule has 0 unspecified atom stereocenters. The maximum absolute atomic E-state index is 12.0. The summed E-state index contributed by atoms with van der Waals surface area (Å²) in [7, 11) is 0. The van der Waals surface area contributed by atoms with Gasteiger partial charge in [0.15, 0.2) is 0 Å². The molecule has 0 aliphatic heterocycles. The summed E-state index contributed by atoms with van der Waals surface area (Å²) in [6, 6.07) is 15.2. The fourth-order valence-electron chi connectivity index (χ4n) is 2.69. The number of nitro benzene ring substituents is 1. The van der Waals surface area contributed by atoms with Crippen LogP contribution in [-0.4, -0.2) is 23.7 Å². The van der Waals surface area contributed by atoms with Crippen molar-refractivity contribution in [3.63, 3.8) is 0 Å². The number of nitro groups is 1. The summed E-state index contributed by atoms with van der Waals surface area (Å²) in [5.41, 5.74) is 3.53. The lowest BCUT2D eigenvalue weighted by Gasteiger charge is -2.04. The zero-order chi connectivity index (χ0) is 21.5. The van der Waals surface area contributed by atoms with Crippen molar-refractivity contribution < 1.29 is 18.9 Å². The smallest absolute Gasteiger partial charge is 0.281 e. The number of furan rings is 1. The van der Waals surface area contributed by atoms with Gasteiger partial charge in [-0.25, -0.2) is 5.43 Å². The van der Waals surface area contributed by atoms with Crippen LogP contribution < -0.4 is 10.2 Å². The summed E-state index contributed by atoms with van der Waals surface area (Å²) in [4.78, 5) is 22.8. The van der Waals surface area contributed by atoms with Crippen LogP contribution in [0.3, 0.4) is 0 Å². The molecule has 8 nitrogen and oxygen atoms in total. The lowest BCUT2D eigenvalue weighted by Crippen LogP contribution is -2.19. The SMILES string of the molecule is CCOc1ccc(CC(=O)N/N=C\c2ccc(-c3ccc(Br)cc3[N+](=O)[O-])o2)cc1. The quantitative estimate of drug-likeness (QED) is 0.290. The molecule has 0 radical (unpaired) electrons. The predicted octanol–water partition coefficient (Wildman–Crippen LogP) is 4.71. The van der Waals surface area contributed by atoms with Crippen molar-refractivity contribution in [2.75, 3.05) is 6.61 Å². The van der Waals surface area contributed by atoms with Gasteiger partial charge in [0.25, 0.3) is 5.69 Å². The lowest BCUT2D eigenvalue weighted by molar-refractivity contribution is -0.384. The molecule has 154 valence electrons. The van der Waals surface area contributed by atoms with Gasteiger partial charge >= 0.3 is 0 Å². The van der Waals surface area contributed by atoms with Crippen LogP contribution >= 0.6 is 15.9 Å². The number of amides is 1. The van der Waals surface area contributed by atoms with Gasteiger partial charge in [0.05, 0.1) is 29.7 Å². The van der Waals surface area contributed by atoms with Gasteiger partial charge in [-0.2, -0.15) is 5.10 Å². The molecular formula is C21H18BrN3O5. The molecule has 9 heteroatoms. The second-order valence-corrected chi connectivity index (χ2v) is 7.08. The number of hydrogen-bond donors (Lipinski definition) is 1. The number of halogens is 1. The van der Waals surface area contributed by atoms with Gasteiger partial charge in [-0.3, -0.25) is 14.9 Å².